The number of likely N-dealkylation sites (tertiary alicyclic amines) is 1. The predicted molar refractivity (Wildman–Crippen MR) is 111 cm³/mol. The van der Waals surface area contributed by atoms with Crippen LogP contribution in [0.4, 0.5) is 5.69 Å². The third-order valence-corrected chi connectivity index (χ3v) is 6.62. The first-order chi connectivity index (χ1) is 13.6. The minimum atomic E-state index is -0.0985. The number of amides is 1. The third-order valence-electron chi connectivity index (χ3n) is 4.70. The molecule has 0 unspecified atom stereocenters. The maximum atomic E-state index is 12.3. The van der Waals surface area contributed by atoms with E-state index in [1.165, 1.54) is 0 Å². The lowest BCUT2D eigenvalue weighted by molar-refractivity contribution is -0.117. The van der Waals surface area contributed by atoms with Crippen molar-refractivity contribution in [2.24, 2.45) is 0 Å². The van der Waals surface area contributed by atoms with Crippen LogP contribution in [0.3, 0.4) is 0 Å². The first kappa shape index (κ1) is 19.4. The van der Waals surface area contributed by atoms with Crippen LogP contribution in [0.15, 0.2) is 41.0 Å². The van der Waals surface area contributed by atoms with Crippen molar-refractivity contribution in [1.82, 2.24) is 15.1 Å². The molecule has 9 heteroatoms. The highest BCUT2D eigenvalue weighted by Gasteiger charge is 2.25. The number of hydrogen-bond donors (Lipinski definition) is 1. The number of aromatic nitrogens is 2. The maximum Gasteiger partial charge on any atom is 0.238 e. The Hall–Kier alpha value is -1.93. The van der Waals surface area contributed by atoms with E-state index < -0.39 is 0 Å². The molecule has 3 heterocycles. The van der Waals surface area contributed by atoms with Gasteiger partial charge in [0.15, 0.2) is 10.8 Å². The fourth-order valence-corrected chi connectivity index (χ4v) is 4.56. The van der Waals surface area contributed by atoms with Crippen molar-refractivity contribution in [3.63, 3.8) is 0 Å². The Morgan fingerprint density at radius 2 is 2.04 bits per heavy atom. The van der Waals surface area contributed by atoms with E-state index in [1.807, 2.05) is 12.1 Å². The van der Waals surface area contributed by atoms with Crippen LogP contribution in [0.5, 0.6) is 0 Å². The van der Waals surface area contributed by atoms with Crippen molar-refractivity contribution in [3.05, 3.63) is 51.6 Å². The number of benzene rings is 1. The molecule has 1 fully saturated rings. The van der Waals surface area contributed by atoms with Crippen molar-refractivity contribution in [3.8, 4) is 10.8 Å². The van der Waals surface area contributed by atoms with Gasteiger partial charge >= 0.3 is 0 Å². The molecular weight excluding hydrogens is 419 g/mol. The van der Waals surface area contributed by atoms with Crippen LogP contribution >= 0.6 is 34.5 Å². The van der Waals surface area contributed by atoms with Gasteiger partial charge < -0.3 is 9.73 Å². The van der Waals surface area contributed by atoms with E-state index >= 15 is 0 Å². The summed E-state index contributed by atoms with van der Waals surface area (Å²) in [5.74, 6) is 1.01. The Balaban J connectivity index is 1.29. The molecule has 6 nitrogen and oxygen atoms in total. The summed E-state index contributed by atoms with van der Waals surface area (Å²) in [7, 11) is 0. The second kappa shape index (κ2) is 8.61. The van der Waals surface area contributed by atoms with Crippen LogP contribution in [0.2, 0.25) is 10.0 Å². The molecule has 0 radical (unpaired) electrons. The summed E-state index contributed by atoms with van der Waals surface area (Å²) in [6.45, 7) is 1.98. The average molecular weight is 437 g/mol. The minimum Gasteiger partial charge on any atom is -0.462 e. The molecule has 0 atom stereocenters. The van der Waals surface area contributed by atoms with Crippen LogP contribution in [0.25, 0.3) is 10.8 Å². The molecule has 4 rings (SSSR count). The van der Waals surface area contributed by atoms with Crippen molar-refractivity contribution in [1.29, 1.82) is 0 Å². The fourth-order valence-electron chi connectivity index (χ4n) is 3.23. The van der Waals surface area contributed by atoms with E-state index in [1.54, 1.807) is 35.8 Å². The molecule has 1 aromatic carbocycles. The fraction of sp³-hybridized carbons (Fsp3) is 0.316. The molecule has 28 heavy (non-hydrogen) atoms. The number of carbonyl (C=O) groups is 1. The smallest absolute Gasteiger partial charge is 0.238 e. The quantitative estimate of drug-likeness (QED) is 0.614. The minimum absolute atomic E-state index is 0.0985. The number of hydrogen-bond acceptors (Lipinski definition) is 6. The van der Waals surface area contributed by atoms with Crippen LogP contribution in [0, 0.1) is 0 Å². The SMILES string of the molecule is O=C(CN1CCC(c2nnc(-c3ccco3)s2)CC1)Nc1cccc(Cl)c1Cl. The average Bonchev–Trinajstić information content (AvgIpc) is 3.37. The molecular formula is C19H18Cl2N4O2S. The predicted octanol–water partition coefficient (Wildman–Crippen LogP) is 4.92. The van der Waals surface area contributed by atoms with Crippen LogP contribution in [-0.2, 0) is 4.79 Å². The molecule has 2 aromatic heterocycles. The molecule has 146 valence electrons. The van der Waals surface area contributed by atoms with Gasteiger partial charge in [0.1, 0.15) is 5.01 Å². The summed E-state index contributed by atoms with van der Waals surface area (Å²) in [6, 6.07) is 8.92. The Morgan fingerprint density at radius 1 is 1.21 bits per heavy atom. The van der Waals surface area contributed by atoms with Crippen molar-refractivity contribution in [2.45, 2.75) is 18.8 Å². The van der Waals surface area contributed by atoms with E-state index in [9.17, 15) is 4.79 Å². The molecule has 1 aliphatic rings. The molecule has 0 aliphatic carbocycles. The summed E-state index contributed by atoms with van der Waals surface area (Å²) in [5, 5.41) is 14.0. The van der Waals surface area contributed by atoms with Crippen molar-refractivity contribution < 1.29 is 9.21 Å². The number of furan rings is 1. The topological polar surface area (TPSA) is 71.3 Å². The number of nitrogens with one attached hydrogen (secondary N) is 1. The molecule has 0 bridgehead atoms. The first-order valence-corrected chi connectivity index (χ1v) is 10.5. The molecule has 0 spiro atoms. The second-order valence-corrected chi connectivity index (χ2v) is 8.42. The van der Waals surface area contributed by atoms with E-state index in [2.05, 4.69) is 20.4 Å². The van der Waals surface area contributed by atoms with Gasteiger partial charge in [-0.05, 0) is 50.2 Å². The number of halogens is 2. The van der Waals surface area contributed by atoms with Gasteiger partial charge in [-0.1, -0.05) is 40.6 Å². The zero-order chi connectivity index (χ0) is 19.5. The van der Waals surface area contributed by atoms with Gasteiger partial charge in [-0.2, -0.15) is 0 Å². The van der Waals surface area contributed by atoms with E-state index in [0.29, 0.717) is 28.2 Å². The molecule has 3 aromatic rings. The summed E-state index contributed by atoms with van der Waals surface area (Å²) in [4.78, 5) is 14.5. The molecule has 0 saturated carbocycles. The normalized spacial score (nSPS) is 15.6. The Kier molecular flexibility index (Phi) is 5.96. The lowest BCUT2D eigenvalue weighted by Crippen LogP contribution is -2.38. The van der Waals surface area contributed by atoms with Crippen molar-refractivity contribution >= 4 is 46.1 Å². The Morgan fingerprint density at radius 3 is 2.79 bits per heavy atom. The highest BCUT2D eigenvalue weighted by Crippen LogP contribution is 2.34. The zero-order valence-electron chi connectivity index (χ0n) is 14.9. The number of rotatable bonds is 5. The highest BCUT2D eigenvalue weighted by atomic mass is 35.5. The zero-order valence-corrected chi connectivity index (χ0v) is 17.2. The summed E-state index contributed by atoms with van der Waals surface area (Å²) in [5.41, 5.74) is 0.536. The van der Waals surface area contributed by atoms with Gasteiger partial charge in [-0.3, -0.25) is 9.69 Å². The van der Waals surface area contributed by atoms with E-state index in [-0.39, 0.29) is 5.91 Å². The number of piperidine rings is 1. The molecule has 1 aliphatic heterocycles. The van der Waals surface area contributed by atoms with Crippen LogP contribution in [0.1, 0.15) is 23.8 Å². The lowest BCUT2D eigenvalue weighted by atomic mass is 9.98. The second-order valence-electron chi connectivity index (χ2n) is 6.62. The number of nitrogens with zero attached hydrogens (tertiary/aromatic N) is 3. The summed E-state index contributed by atoms with van der Waals surface area (Å²) >= 11 is 13.7. The van der Waals surface area contributed by atoms with E-state index in [4.69, 9.17) is 27.6 Å². The first-order valence-electron chi connectivity index (χ1n) is 8.93. The third kappa shape index (κ3) is 4.38. The number of anilines is 1. The molecule has 1 N–H and O–H groups in total. The monoisotopic (exact) mass is 436 g/mol. The van der Waals surface area contributed by atoms with Crippen molar-refractivity contribution in [2.75, 3.05) is 25.0 Å². The van der Waals surface area contributed by atoms with Gasteiger partial charge in [-0.25, -0.2) is 0 Å². The molecule has 1 amide bonds. The lowest BCUT2D eigenvalue weighted by Gasteiger charge is -2.30. The number of carbonyl (C=O) groups excluding carboxylic acids is 1. The Bertz CT molecular complexity index is 953. The summed E-state index contributed by atoms with van der Waals surface area (Å²) < 4.78 is 5.38. The standard InChI is InChI=1S/C19H18Cl2N4O2S/c20-13-3-1-4-14(17(13)21)22-16(26)11-25-8-6-12(7-9-25)18-23-24-19(28-18)15-5-2-10-27-15/h1-5,10,12H,6-9,11H2,(H,22,26). The van der Waals surface area contributed by atoms with Gasteiger partial charge in [0, 0.05) is 5.92 Å². The van der Waals surface area contributed by atoms with Gasteiger partial charge in [0.05, 0.1) is 28.5 Å². The highest BCUT2D eigenvalue weighted by molar-refractivity contribution is 7.14. The van der Waals surface area contributed by atoms with Gasteiger partial charge in [0.25, 0.3) is 0 Å². The van der Waals surface area contributed by atoms with Crippen LogP contribution in [-0.4, -0.2) is 40.6 Å². The largest absolute Gasteiger partial charge is 0.462 e. The Labute approximate surface area is 176 Å². The van der Waals surface area contributed by atoms with Crippen LogP contribution < -0.4 is 5.32 Å². The van der Waals surface area contributed by atoms with E-state index in [0.717, 1.165) is 41.7 Å². The van der Waals surface area contributed by atoms with Gasteiger partial charge in [-0.15, -0.1) is 10.2 Å². The van der Waals surface area contributed by atoms with Gasteiger partial charge in [0.2, 0.25) is 5.91 Å². The summed E-state index contributed by atoms with van der Waals surface area (Å²) in [6.07, 6.45) is 3.52. The maximum absolute atomic E-state index is 12.3. The molecule has 1 saturated heterocycles.